The fraction of sp³-hybridized carbons (Fsp3) is 0.846. The normalized spacial score (nSPS) is 14.2. The quantitative estimate of drug-likeness (QED) is 0.579. The van der Waals surface area contributed by atoms with Gasteiger partial charge in [0.25, 0.3) is 0 Å². The van der Waals surface area contributed by atoms with Gasteiger partial charge in [-0.3, -0.25) is 9.59 Å². The van der Waals surface area contributed by atoms with Crippen molar-refractivity contribution in [3.63, 3.8) is 0 Å². The molecule has 4 nitrogen and oxygen atoms in total. The van der Waals surface area contributed by atoms with E-state index in [1.807, 2.05) is 0 Å². The maximum atomic E-state index is 11.0. The predicted octanol–water partition coefficient (Wildman–Crippen LogP) is 3.16. The molecular weight excluding hydrogens is 220 g/mol. The third kappa shape index (κ3) is 6.97. The van der Waals surface area contributed by atoms with E-state index in [1.165, 1.54) is 0 Å². The number of carbonyl (C=O) groups is 2. The van der Waals surface area contributed by atoms with Crippen LogP contribution in [0.1, 0.15) is 58.8 Å². The summed E-state index contributed by atoms with van der Waals surface area (Å²) < 4.78 is 0. The van der Waals surface area contributed by atoms with Crippen molar-refractivity contribution in [1.82, 2.24) is 0 Å². The minimum Gasteiger partial charge on any atom is -0.481 e. The molecule has 2 N–H and O–H groups in total. The number of unbranched alkanes of at least 4 members (excludes halogenated alkanes) is 3. The zero-order valence-electron chi connectivity index (χ0n) is 10.8. The number of carboxylic acid groups (broad SMARTS) is 2. The monoisotopic (exact) mass is 244 g/mol. The van der Waals surface area contributed by atoms with Crippen molar-refractivity contribution in [2.45, 2.75) is 58.8 Å². The number of hydrogen-bond donors (Lipinski definition) is 2. The first-order chi connectivity index (χ1) is 8.02. The fourth-order valence-corrected chi connectivity index (χ4v) is 1.95. The Labute approximate surface area is 103 Å². The molecule has 2 unspecified atom stereocenters. The summed E-state index contributed by atoms with van der Waals surface area (Å²) in [6, 6.07) is 0. The number of rotatable bonds is 10. The summed E-state index contributed by atoms with van der Waals surface area (Å²) in [7, 11) is 0. The first-order valence-electron chi connectivity index (χ1n) is 6.48. The lowest BCUT2D eigenvalue weighted by Gasteiger charge is -2.16. The summed E-state index contributed by atoms with van der Waals surface area (Å²) in [4.78, 5) is 21.9. The van der Waals surface area contributed by atoms with Gasteiger partial charge in [0.05, 0.1) is 11.8 Å². The van der Waals surface area contributed by atoms with Crippen LogP contribution < -0.4 is 0 Å². The van der Waals surface area contributed by atoms with Crippen LogP contribution in [-0.4, -0.2) is 22.2 Å². The smallest absolute Gasteiger partial charge is 0.306 e. The van der Waals surface area contributed by atoms with Crippen molar-refractivity contribution in [3.05, 3.63) is 0 Å². The van der Waals surface area contributed by atoms with Crippen LogP contribution in [-0.2, 0) is 9.59 Å². The molecular formula is C13H24O4. The van der Waals surface area contributed by atoms with Crippen LogP contribution in [0.25, 0.3) is 0 Å². The van der Waals surface area contributed by atoms with E-state index in [-0.39, 0.29) is 6.42 Å². The highest BCUT2D eigenvalue weighted by Gasteiger charge is 2.25. The topological polar surface area (TPSA) is 74.6 Å². The minimum atomic E-state index is -0.882. The molecule has 100 valence electrons. The summed E-state index contributed by atoms with van der Waals surface area (Å²) in [5.74, 6) is -2.77. The molecule has 2 atom stereocenters. The molecule has 0 aliphatic carbocycles. The van der Waals surface area contributed by atoms with Gasteiger partial charge in [-0.05, 0) is 19.3 Å². The van der Waals surface area contributed by atoms with Gasteiger partial charge in [-0.1, -0.05) is 39.5 Å². The van der Waals surface area contributed by atoms with E-state index in [0.29, 0.717) is 12.8 Å². The Hall–Kier alpha value is -1.06. The summed E-state index contributed by atoms with van der Waals surface area (Å²) in [6.45, 7) is 3.89. The number of hydrogen-bond acceptors (Lipinski definition) is 2. The van der Waals surface area contributed by atoms with Crippen molar-refractivity contribution in [1.29, 1.82) is 0 Å². The maximum absolute atomic E-state index is 11.0. The number of aliphatic carboxylic acids is 2. The fourth-order valence-electron chi connectivity index (χ4n) is 1.95. The third-order valence-electron chi connectivity index (χ3n) is 3.17. The van der Waals surface area contributed by atoms with Crippen molar-refractivity contribution in [2.24, 2.45) is 11.8 Å². The van der Waals surface area contributed by atoms with Gasteiger partial charge < -0.3 is 10.2 Å². The SMILES string of the molecule is CCCCCCC(CC(CC)C(=O)O)C(=O)O. The standard InChI is InChI=1S/C13H24O4/c1-3-5-6-7-8-11(13(16)17)9-10(4-2)12(14)15/h10-11H,3-9H2,1-2H3,(H,14,15)(H,16,17). The second-order valence-electron chi connectivity index (χ2n) is 4.56. The Kier molecular flexibility index (Phi) is 8.46. The van der Waals surface area contributed by atoms with Gasteiger partial charge >= 0.3 is 11.9 Å². The lowest BCUT2D eigenvalue weighted by molar-refractivity contribution is -0.146. The molecule has 0 rings (SSSR count). The molecule has 0 heterocycles. The van der Waals surface area contributed by atoms with Crippen LogP contribution in [0.2, 0.25) is 0 Å². The van der Waals surface area contributed by atoms with E-state index in [1.54, 1.807) is 6.92 Å². The lowest BCUT2D eigenvalue weighted by Crippen LogP contribution is -2.22. The summed E-state index contributed by atoms with van der Waals surface area (Å²) in [6.07, 6.45) is 5.48. The molecule has 0 aromatic carbocycles. The van der Waals surface area contributed by atoms with Gasteiger partial charge in [-0.15, -0.1) is 0 Å². The molecule has 0 amide bonds. The van der Waals surface area contributed by atoms with E-state index in [4.69, 9.17) is 10.2 Å². The van der Waals surface area contributed by atoms with E-state index in [2.05, 4.69) is 6.92 Å². The van der Waals surface area contributed by atoms with Crippen LogP contribution in [0, 0.1) is 11.8 Å². The second kappa shape index (κ2) is 9.02. The first-order valence-corrected chi connectivity index (χ1v) is 6.48. The Morgan fingerprint density at radius 1 is 0.941 bits per heavy atom. The highest BCUT2D eigenvalue weighted by atomic mass is 16.4. The van der Waals surface area contributed by atoms with E-state index in [9.17, 15) is 9.59 Å². The predicted molar refractivity (Wildman–Crippen MR) is 65.9 cm³/mol. The van der Waals surface area contributed by atoms with Crippen molar-refractivity contribution < 1.29 is 19.8 Å². The van der Waals surface area contributed by atoms with Gasteiger partial charge in [0.2, 0.25) is 0 Å². The molecule has 0 aliphatic rings. The van der Waals surface area contributed by atoms with Crippen LogP contribution >= 0.6 is 0 Å². The Balaban J connectivity index is 4.14. The molecule has 0 bridgehead atoms. The molecule has 17 heavy (non-hydrogen) atoms. The molecule has 0 saturated heterocycles. The highest BCUT2D eigenvalue weighted by molar-refractivity contribution is 5.73. The summed E-state index contributed by atoms with van der Waals surface area (Å²) in [5.41, 5.74) is 0. The Morgan fingerprint density at radius 3 is 1.94 bits per heavy atom. The molecule has 0 aromatic heterocycles. The van der Waals surface area contributed by atoms with Crippen molar-refractivity contribution in [3.8, 4) is 0 Å². The Bertz CT molecular complexity index is 238. The second-order valence-corrected chi connectivity index (χ2v) is 4.56. The summed E-state index contributed by atoms with van der Waals surface area (Å²) >= 11 is 0. The van der Waals surface area contributed by atoms with E-state index >= 15 is 0 Å². The van der Waals surface area contributed by atoms with E-state index in [0.717, 1.165) is 25.7 Å². The molecule has 0 aromatic rings. The van der Waals surface area contributed by atoms with Gasteiger partial charge in [0.1, 0.15) is 0 Å². The maximum Gasteiger partial charge on any atom is 0.306 e. The minimum absolute atomic E-state index is 0.257. The zero-order chi connectivity index (χ0) is 13.3. The molecule has 0 saturated carbocycles. The van der Waals surface area contributed by atoms with Gasteiger partial charge in [0, 0.05) is 0 Å². The van der Waals surface area contributed by atoms with E-state index < -0.39 is 23.8 Å². The largest absolute Gasteiger partial charge is 0.481 e. The van der Waals surface area contributed by atoms with Gasteiger partial charge in [0.15, 0.2) is 0 Å². The van der Waals surface area contributed by atoms with Crippen LogP contribution in [0.15, 0.2) is 0 Å². The van der Waals surface area contributed by atoms with Gasteiger partial charge in [-0.25, -0.2) is 0 Å². The van der Waals surface area contributed by atoms with Crippen molar-refractivity contribution in [2.75, 3.05) is 0 Å². The molecule has 0 aliphatic heterocycles. The Morgan fingerprint density at radius 2 is 1.53 bits per heavy atom. The molecule has 0 radical (unpaired) electrons. The van der Waals surface area contributed by atoms with Gasteiger partial charge in [-0.2, -0.15) is 0 Å². The van der Waals surface area contributed by atoms with Crippen LogP contribution in [0.4, 0.5) is 0 Å². The molecule has 0 spiro atoms. The first kappa shape index (κ1) is 15.9. The average Bonchev–Trinajstić information content (AvgIpc) is 2.27. The molecule has 4 heteroatoms. The lowest BCUT2D eigenvalue weighted by atomic mass is 9.89. The van der Waals surface area contributed by atoms with Crippen LogP contribution in [0.3, 0.4) is 0 Å². The average molecular weight is 244 g/mol. The number of carboxylic acids is 2. The third-order valence-corrected chi connectivity index (χ3v) is 3.17. The summed E-state index contributed by atoms with van der Waals surface area (Å²) in [5, 5.41) is 18.0. The molecule has 0 fully saturated rings. The zero-order valence-corrected chi connectivity index (χ0v) is 10.8. The van der Waals surface area contributed by atoms with Crippen molar-refractivity contribution >= 4 is 11.9 Å². The van der Waals surface area contributed by atoms with Crippen LogP contribution in [0.5, 0.6) is 0 Å². The highest BCUT2D eigenvalue weighted by Crippen LogP contribution is 2.22.